The van der Waals surface area contributed by atoms with Crippen molar-refractivity contribution in [1.29, 1.82) is 0 Å². The summed E-state index contributed by atoms with van der Waals surface area (Å²) in [6.07, 6.45) is 2.81. The lowest BCUT2D eigenvalue weighted by Crippen LogP contribution is -2.36. The van der Waals surface area contributed by atoms with Crippen LogP contribution in [0.4, 0.5) is 0 Å². The minimum absolute atomic E-state index is 0.491. The van der Waals surface area contributed by atoms with Crippen molar-refractivity contribution in [3.63, 3.8) is 0 Å². The van der Waals surface area contributed by atoms with Gasteiger partial charge < -0.3 is 14.4 Å². The summed E-state index contributed by atoms with van der Waals surface area (Å²) >= 11 is 0. The van der Waals surface area contributed by atoms with E-state index in [9.17, 15) is 5.11 Å². The third kappa shape index (κ3) is 1.58. The number of para-hydroxylation sites is 1. The van der Waals surface area contributed by atoms with Gasteiger partial charge in [0.2, 0.25) is 0 Å². The van der Waals surface area contributed by atoms with E-state index in [0.29, 0.717) is 6.73 Å². The van der Waals surface area contributed by atoms with Crippen LogP contribution in [-0.2, 0) is 17.1 Å². The van der Waals surface area contributed by atoms with Gasteiger partial charge in [-0.05, 0) is 31.4 Å². The van der Waals surface area contributed by atoms with E-state index in [-0.39, 0.29) is 0 Å². The Morgan fingerprint density at radius 3 is 2.76 bits per heavy atom. The molecule has 3 nitrogen and oxygen atoms in total. The summed E-state index contributed by atoms with van der Waals surface area (Å²) in [7, 11) is 1.68. The van der Waals surface area contributed by atoms with Gasteiger partial charge in [-0.3, -0.25) is 0 Å². The largest absolute Gasteiger partial charge is 0.384 e. The third-order valence-electron chi connectivity index (χ3n) is 3.73. The fourth-order valence-electron chi connectivity index (χ4n) is 2.63. The summed E-state index contributed by atoms with van der Waals surface area (Å²) < 4.78 is 7.33. The average molecular weight is 231 g/mol. The Labute approximate surface area is 101 Å². The van der Waals surface area contributed by atoms with Crippen LogP contribution < -0.4 is 0 Å². The van der Waals surface area contributed by atoms with Crippen LogP contribution >= 0.6 is 0 Å². The van der Waals surface area contributed by atoms with Crippen LogP contribution in [0.15, 0.2) is 30.3 Å². The van der Waals surface area contributed by atoms with Crippen LogP contribution in [0.25, 0.3) is 10.9 Å². The van der Waals surface area contributed by atoms with Crippen LogP contribution in [0.2, 0.25) is 0 Å². The van der Waals surface area contributed by atoms with Crippen molar-refractivity contribution in [2.24, 2.45) is 0 Å². The van der Waals surface area contributed by atoms with Gasteiger partial charge in [0.15, 0.2) is 0 Å². The van der Waals surface area contributed by atoms with E-state index in [4.69, 9.17) is 4.74 Å². The van der Waals surface area contributed by atoms with Gasteiger partial charge in [0.1, 0.15) is 12.3 Å². The predicted molar refractivity (Wildman–Crippen MR) is 66.7 cm³/mol. The Balaban J connectivity index is 2.19. The smallest absolute Gasteiger partial charge is 0.122 e. The Morgan fingerprint density at radius 1 is 1.35 bits per heavy atom. The normalized spacial score (nSPS) is 18.2. The molecule has 0 bridgehead atoms. The van der Waals surface area contributed by atoms with Crippen molar-refractivity contribution in [2.75, 3.05) is 7.11 Å². The second kappa shape index (κ2) is 3.86. The number of benzene rings is 1. The number of hydrogen-bond donors (Lipinski definition) is 1. The van der Waals surface area contributed by atoms with Crippen LogP contribution in [0, 0.1) is 0 Å². The summed E-state index contributed by atoms with van der Waals surface area (Å²) in [5.74, 6) is 0. The number of aliphatic hydroxyl groups is 1. The summed E-state index contributed by atoms with van der Waals surface area (Å²) in [5, 5.41) is 11.7. The molecule has 0 atom stereocenters. The van der Waals surface area contributed by atoms with E-state index in [0.717, 1.165) is 30.5 Å². The lowest BCUT2D eigenvalue weighted by molar-refractivity contribution is -0.0488. The minimum atomic E-state index is -0.641. The lowest BCUT2D eigenvalue weighted by Gasteiger charge is -2.37. The van der Waals surface area contributed by atoms with Crippen molar-refractivity contribution < 1.29 is 9.84 Å². The fourth-order valence-corrected chi connectivity index (χ4v) is 2.63. The zero-order valence-corrected chi connectivity index (χ0v) is 10.0. The van der Waals surface area contributed by atoms with Crippen LogP contribution in [-0.4, -0.2) is 16.8 Å². The van der Waals surface area contributed by atoms with Crippen LogP contribution in [0.5, 0.6) is 0 Å². The predicted octanol–water partition coefficient (Wildman–Crippen LogP) is 2.62. The molecule has 1 aromatic heterocycles. The van der Waals surface area contributed by atoms with Gasteiger partial charge in [-0.1, -0.05) is 18.2 Å². The van der Waals surface area contributed by atoms with Gasteiger partial charge in [0.05, 0.1) is 11.2 Å². The molecule has 1 aliphatic carbocycles. The Kier molecular flexibility index (Phi) is 2.45. The van der Waals surface area contributed by atoms with Crippen LogP contribution in [0.1, 0.15) is 25.0 Å². The van der Waals surface area contributed by atoms with Gasteiger partial charge in [0, 0.05) is 12.5 Å². The first-order valence-electron chi connectivity index (χ1n) is 6.05. The summed E-state index contributed by atoms with van der Waals surface area (Å²) in [6.45, 7) is 0.491. The molecule has 0 radical (unpaired) electrons. The quantitative estimate of drug-likeness (QED) is 0.881. The number of nitrogens with zero attached hydrogens (tertiary/aromatic N) is 1. The molecule has 1 aliphatic rings. The Morgan fingerprint density at radius 2 is 2.12 bits per heavy atom. The van der Waals surface area contributed by atoms with Gasteiger partial charge in [-0.25, -0.2) is 0 Å². The van der Waals surface area contributed by atoms with E-state index < -0.39 is 5.60 Å². The highest BCUT2D eigenvalue weighted by Gasteiger charge is 2.39. The first-order chi connectivity index (χ1) is 8.24. The third-order valence-corrected chi connectivity index (χ3v) is 3.73. The van der Waals surface area contributed by atoms with Crippen molar-refractivity contribution in [2.45, 2.75) is 31.6 Å². The number of methoxy groups -OCH3 is 1. The van der Waals surface area contributed by atoms with Crippen molar-refractivity contribution in [3.8, 4) is 0 Å². The molecule has 0 unspecified atom stereocenters. The van der Waals surface area contributed by atoms with Gasteiger partial charge in [0.25, 0.3) is 0 Å². The molecule has 90 valence electrons. The average Bonchev–Trinajstić information content (AvgIpc) is 2.66. The first-order valence-corrected chi connectivity index (χ1v) is 6.05. The Bertz CT molecular complexity index is 540. The maximum absolute atomic E-state index is 10.5. The SMILES string of the molecule is COCn1c(C2(O)CCC2)cc2ccccc21. The number of fused-ring (bicyclic) bond motifs is 1. The van der Waals surface area contributed by atoms with Gasteiger partial charge in [-0.15, -0.1) is 0 Å². The fraction of sp³-hybridized carbons (Fsp3) is 0.429. The number of hydrogen-bond acceptors (Lipinski definition) is 2. The molecule has 0 amide bonds. The van der Waals surface area contributed by atoms with Crippen molar-refractivity contribution in [1.82, 2.24) is 4.57 Å². The molecule has 1 saturated carbocycles. The van der Waals surface area contributed by atoms with E-state index in [1.54, 1.807) is 7.11 Å². The molecule has 1 aromatic carbocycles. The standard InChI is InChI=1S/C14H17NO2/c1-17-10-15-12-6-3-2-5-11(12)9-13(15)14(16)7-4-8-14/h2-3,5-6,9,16H,4,7-8,10H2,1H3. The molecule has 0 aliphatic heterocycles. The monoisotopic (exact) mass is 231 g/mol. The van der Waals surface area contributed by atoms with Crippen LogP contribution in [0.3, 0.4) is 0 Å². The highest BCUT2D eigenvalue weighted by atomic mass is 16.5. The van der Waals surface area contributed by atoms with E-state index in [1.165, 1.54) is 5.39 Å². The first kappa shape index (κ1) is 10.8. The summed E-state index contributed by atoms with van der Waals surface area (Å²) in [4.78, 5) is 0. The molecule has 0 spiro atoms. The maximum Gasteiger partial charge on any atom is 0.122 e. The number of rotatable bonds is 3. The topological polar surface area (TPSA) is 34.4 Å². The molecule has 1 N–H and O–H groups in total. The van der Waals surface area contributed by atoms with Crippen molar-refractivity contribution >= 4 is 10.9 Å². The molecule has 0 saturated heterocycles. The molecule has 17 heavy (non-hydrogen) atoms. The minimum Gasteiger partial charge on any atom is -0.384 e. The highest BCUT2D eigenvalue weighted by molar-refractivity contribution is 5.81. The molecule has 3 heteroatoms. The van der Waals surface area contributed by atoms with Gasteiger partial charge in [-0.2, -0.15) is 0 Å². The van der Waals surface area contributed by atoms with Crippen molar-refractivity contribution in [3.05, 3.63) is 36.0 Å². The molecule has 1 heterocycles. The molecule has 2 aromatic rings. The zero-order chi connectivity index (χ0) is 11.9. The van der Waals surface area contributed by atoms with E-state index in [2.05, 4.69) is 22.8 Å². The second-order valence-electron chi connectivity index (χ2n) is 4.82. The molecule has 1 fully saturated rings. The second-order valence-corrected chi connectivity index (χ2v) is 4.82. The molecular formula is C14H17NO2. The summed E-state index contributed by atoms with van der Waals surface area (Å²) in [5.41, 5.74) is 1.48. The van der Waals surface area contributed by atoms with E-state index >= 15 is 0 Å². The Hall–Kier alpha value is -1.32. The van der Waals surface area contributed by atoms with Gasteiger partial charge >= 0.3 is 0 Å². The maximum atomic E-state index is 10.5. The molecular weight excluding hydrogens is 214 g/mol. The highest BCUT2D eigenvalue weighted by Crippen LogP contribution is 2.42. The number of ether oxygens (including phenoxy) is 1. The zero-order valence-electron chi connectivity index (χ0n) is 10.0. The lowest BCUT2D eigenvalue weighted by atomic mass is 9.78. The number of aromatic nitrogens is 1. The molecule has 3 rings (SSSR count). The van der Waals surface area contributed by atoms with E-state index in [1.807, 2.05) is 12.1 Å². The summed E-state index contributed by atoms with van der Waals surface area (Å²) in [6, 6.07) is 10.3.